The average Bonchev–Trinajstić information content (AvgIpc) is 2.95. The van der Waals surface area contributed by atoms with Crippen LogP contribution in [0.5, 0.6) is 11.5 Å². The molecule has 1 aliphatic heterocycles. The van der Waals surface area contributed by atoms with Crippen molar-refractivity contribution in [3.05, 3.63) is 23.3 Å². The zero-order valence-corrected chi connectivity index (χ0v) is 20.4. The number of fused-ring (bicyclic) bond motifs is 1. The number of aliphatic imine (C=N–C) groups is 1. The fraction of sp³-hybridized carbons (Fsp3) is 0.632. The Bertz CT molecular complexity index is 784. The van der Waals surface area contributed by atoms with Gasteiger partial charge >= 0.3 is 0 Å². The van der Waals surface area contributed by atoms with Crippen molar-refractivity contribution >= 4 is 39.8 Å². The van der Waals surface area contributed by atoms with Crippen LogP contribution in [0.25, 0.3) is 0 Å². The Morgan fingerprint density at radius 3 is 2.75 bits per heavy atom. The molecule has 1 aromatic carbocycles. The molecule has 7 nitrogen and oxygen atoms in total. The Morgan fingerprint density at radius 1 is 1.43 bits per heavy atom. The van der Waals surface area contributed by atoms with Crippen LogP contribution in [0, 0.1) is 0 Å². The van der Waals surface area contributed by atoms with Gasteiger partial charge < -0.3 is 20.1 Å². The molecule has 1 heterocycles. The first-order valence-electron chi connectivity index (χ1n) is 9.32. The van der Waals surface area contributed by atoms with Gasteiger partial charge in [0.15, 0.2) is 5.96 Å². The van der Waals surface area contributed by atoms with E-state index in [0.29, 0.717) is 25.5 Å². The highest BCUT2D eigenvalue weighted by atomic mass is 127. The van der Waals surface area contributed by atoms with E-state index in [9.17, 15) is 8.42 Å². The van der Waals surface area contributed by atoms with Crippen LogP contribution >= 0.6 is 24.0 Å². The van der Waals surface area contributed by atoms with Crippen molar-refractivity contribution in [1.82, 2.24) is 10.6 Å². The molecule has 0 saturated carbocycles. The minimum absolute atomic E-state index is 0. The van der Waals surface area contributed by atoms with Gasteiger partial charge in [-0.1, -0.05) is 0 Å². The van der Waals surface area contributed by atoms with Crippen molar-refractivity contribution in [3.8, 4) is 11.5 Å². The van der Waals surface area contributed by atoms with Crippen LogP contribution < -0.4 is 20.1 Å². The maximum Gasteiger partial charge on any atom is 0.191 e. The third-order valence-corrected chi connectivity index (χ3v) is 5.33. The topological polar surface area (TPSA) is 89.0 Å². The second kappa shape index (κ2) is 11.1. The molecule has 0 saturated heterocycles. The van der Waals surface area contributed by atoms with E-state index in [1.165, 1.54) is 11.8 Å². The van der Waals surface area contributed by atoms with Crippen LogP contribution in [0.2, 0.25) is 0 Å². The number of nitrogens with one attached hydrogen (secondary N) is 2. The van der Waals surface area contributed by atoms with E-state index in [4.69, 9.17) is 9.47 Å². The van der Waals surface area contributed by atoms with Crippen LogP contribution in [-0.4, -0.2) is 52.2 Å². The Morgan fingerprint density at radius 2 is 2.14 bits per heavy atom. The summed E-state index contributed by atoms with van der Waals surface area (Å²) in [5.41, 5.74) is 2.17. The molecule has 2 N–H and O–H groups in total. The van der Waals surface area contributed by atoms with E-state index in [1.807, 2.05) is 19.9 Å². The molecule has 0 amide bonds. The van der Waals surface area contributed by atoms with Gasteiger partial charge in [0, 0.05) is 43.4 Å². The van der Waals surface area contributed by atoms with Crippen molar-refractivity contribution in [2.24, 2.45) is 4.99 Å². The van der Waals surface area contributed by atoms with E-state index >= 15 is 0 Å². The Labute approximate surface area is 185 Å². The molecule has 1 aliphatic rings. The molecule has 160 valence electrons. The Balaban J connectivity index is 0.00000392. The van der Waals surface area contributed by atoms with Gasteiger partial charge in [-0.25, -0.2) is 8.42 Å². The summed E-state index contributed by atoms with van der Waals surface area (Å²) in [6.07, 6.45) is 2.85. The van der Waals surface area contributed by atoms with Gasteiger partial charge in [0.1, 0.15) is 27.4 Å². The molecule has 0 radical (unpaired) electrons. The largest absolute Gasteiger partial charge is 0.494 e. The van der Waals surface area contributed by atoms with Gasteiger partial charge in [0.2, 0.25) is 0 Å². The zero-order chi connectivity index (χ0) is 20.0. The summed E-state index contributed by atoms with van der Waals surface area (Å²) >= 11 is 0. The highest BCUT2D eigenvalue weighted by Gasteiger charge is 2.22. The second-order valence-electron chi connectivity index (χ2n) is 7.02. The molecule has 0 fully saturated rings. The molecule has 0 bridgehead atoms. The number of rotatable bonds is 8. The monoisotopic (exact) mass is 525 g/mol. The molecule has 0 spiro atoms. The van der Waals surface area contributed by atoms with Gasteiger partial charge in [-0.15, -0.1) is 24.0 Å². The summed E-state index contributed by atoms with van der Waals surface area (Å²) in [7, 11) is -1.28. The molecule has 9 heteroatoms. The van der Waals surface area contributed by atoms with E-state index in [2.05, 4.69) is 28.6 Å². The van der Waals surface area contributed by atoms with Crippen molar-refractivity contribution < 1.29 is 17.9 Å². The van der Waals surface area contributed by atoms with Crippen LogP contribution in [0.1, 0.15) is 38.3 Å². The number of hydrogen-bond acceptors (Lipinski definition) is 5. The molecule has 2 rings (SSSR count). The first kappa shape index (κ1) is 24.8. The number of guanidine groups is 1. The number of halogens is 1. The highest BCUT2D eigenvalue weighted by molar-refractivity contribution is 14.0. The van der Waals surface area contributed by atoms with E-state index in [1.54, 1.807) is 7.05 Å². The lowest BCUT2D eigenvalue weighted by molar-refractivity contribution is 0.254. The summed E-state index contributed by atoms with van der Waals surface area (Å²) < 4.78 is 34.3. The number of nitrogens with zero attached hydrogens (tertiary/aromatic N) is 1. The first-order valence-corrected chi connectivity index (χ1v) is 11.4. The third kappa shape index (κ3) is 7.65. The molecular weight excluding hydrogens is 493 g/mol. The molecule has 1 aromatic rings. The fourth-order valence-electron chi connectivity index (χ4n) is 2.98. The second-order valence-corrected chi connectivity index (χ2v) is 9.28. The van der Waals surface area contributed by atoms with E-state index in [-0.39, 0.29) is 41.9 Å². The fourth-order valence-corrected chi connectivity index (χ4v) is 3.76. The minimum atomic E-state index is -2.97. The van der Waals surface area contributed by atoms with E-state index < -0.39 is 9.84 Å². The standard InChI is InChI=1S/C19H31N3O4S.HI/c1-6-25-17-10-15-9-14(3)26-18(15)11-16(17)12-21-19(20-4)22-13(2)7-8-27(5,23)24;/h10-11,13-14H,6-9,12H2,1-5H3,(H2,20,21,22);1H. The maximum atomic E-state index is 11.3. The third-order valence-electron chi connectivity index (χ3n) is 4.35. The SMILES string of the molecule is CCOc1cc2c(cc1CNC(=NC)NC(C)CCS(C)(=O)=O)OC(C)C2.I. The highest BCUT2D eigenvalue weighted by Crippen LogP contribution is 2.35. The summed E-state index contributed by atoms with van der Waals surface area (Å²) in [6.45, 7) is 7.08. The summed E-state index contributed by atoms with van der Waals surface area (Å²) in [4.78, 5) is 4.22. The predicted molar refractivity (Wildman–Crippen MR) is 124 cm³/mol. The van der Waals surface area contributed by atoms with Crippen LogP contribution in [-0.2, 0) is 22.8 Å². The lowest BCUT2D eigenvalue weighted by Crippen LogP contribution is -2.42. The lowest BCUT2D eigenvalue weighted by atomic mass is 10.1. The van der Waals surface area contributed by atoms with E-state index in [0.717, 1.165) is 23.5 Å². The number of ether oxygens (including phenoxy) is 2. The van der Waals surface area contributed by atoms with Crippen LogP contribution in [0.4, 0.5) is 0 Å². The number of benzene rings is 1. The summed E-state index contributed by atoms with van der Waals surface area (Å²) in [6, 6.07) is 4.07. The van der Waals surface area contributed by atoms with Crippen LogP contribution in [0.15, 0.2) is 17.1 Å². The summed E-state index contributed by atoms with van der Waals surface area (Å²) in [5, 5.41) is 6.49. The molecule has 2 atom stereocenters. The molecule has 0 aliphatic carbocycles. The zero-order valence-electron chi connectivity index (χ0n) is 17.2. The molecule has 2 unspecified atom stereocenters. The quantitative estimate of drug-likeness (QED) is 0.308. The summed E-state index contributed by atoms with van der Waals surface area (Å²) in [5.74, 6) is 2.52. The molecular formula is C19H32IN3O4S. The van der Waals surface area contributed by atoms with Crippen molar-refractivity contribution in [2.75, 3.05) is 25.7 Å². The van der Waals surface area contributed by atoms with Crippen molar-refractivity contribution in [3.63, 3.8) is 0 Å². The number of sulfone groups is 1. The van der Waals surface area contributed by atoms with Gasteiger partial charge in [-0.05, 0) is 39.3 Å². The molecule has 28 heavy (non-hydrogen) atoms. The van der Waals surface area contributed by atoms with Gasteiger partial charge in [0.25, 0.3) is 0 Å². The number of hydrogen-bond donors (Lipinski definition) is 2. The smallest absolute Gasteiger partial charge is 0.191 e. The maximum absolute atomic E-state index is 11.3. The van der Waals surface area contributed by atoms with Crippen molar-refractivity contribution in [2.45, 2.75) is 52.3 Å². The normalized spacial score (nSPS) is 17.2. The van der Waals surface area contributed by atoms with Gasteiger partial charge in [0.05, 0.1) is 12.4 Å². The minimum Gasteiger partial charge on any atom is -0.494 e. The Hall–Kier alpha value is -1.23. The van der Waals surface area contributed by atoms with Gasteiger partial charge in [-0.3, -0.25) is 4.99 Å². The van der Waals surface area contributed by atoms with Crippen LogP contribution in [0.3, 0.4) is 0 Å². The molecule has 0 aromatic heterocycles. The van der Waals surface area contributed by atoms with Crippen molar-refractivity contribution in [1.29, 1.82) is 0 Å². The lowest BCUT2D eigenvalue weighted by Gasteiger charge is -2.19. The predicted octanol–water partition coefficient (Wildman–Crippen LogP) is 2.51. The van der Waals surface area contributed by atoms with Gasteiger partial charge in [-0.2, -0.15) is 0 Å². The Kier molecular flexibility index (Phi) is 9.82. The first-order chi connectivity index (χ1) is 12.7. The average molecular weight is 525 g/mol.